The molecule has 2 aromatic carbocycles. The Hall–Kier alpha value is -2.91. The van der Waals surface area contributed by atoms with Crippen LogP contribution >= 0.6 is 23.4 Å². The number of halogens is 1. The second kappa shape index (κ2) is 9.27. The molecule has 3 aromatic rings. The molecule has 30 heavy (non-hydrogen) atoms. The predicted octanol–water partition coefficient (Wildman–Crippen LogP) is 4.41. The quantitative estimate of drug-likeness (QED) is 0.249. The molecule has 0 spiro atoms. The van der Waals surface area contributed by atoms with Crippen molar-refractivity contribution in [3.63, 3.8) is 0 Å². The fraction of sp³-hybridized carbons (Fsp3) is 0.250. The minimum absolute atomic E-state index is 0.00956. The third-order valence-corrected chi connectivity index (χ3v) is 5.58. The van der Waals surface area contributed by atoms with Gasteiger partial charge in [0.05, 0.1) is 27.3 Å². The molecule has 0 bridgehead atoms. The molecule has 1 heterocycles. The average Bonchev–Trinajstić information content (AvgIpc) is 2.70. The van der Waals surface area contributed by atoms with Gasteiger partial charge in [0.15, 0.2) is 5.16 Å². The van der Waals surface area contributed by atoms with Crippen LogP contribution in [0.15, 0.2) is 46.3 Å². The van der Waals surface area contributed by atoms with E-state index in [9.17, 15) is 19.7 Å². The number of hydrogen-bond acceptors (Lipinski definition) is 6. The number of aryl methyl sites for hydroxylation is 1. The summed E-state index contributed by atoms with van der Waals surface area (Å²) in [6.07, 6.45) is 0.729. The van der Waals surface area contributed by atoms with E-state index in [-0.39, 0.29) is 22.9 Å². The number of rotatable bonds is 7. The number of amides is 1. The van der Waals surface area contributed by atoms with Crippen LogP contribution in [0.25, 0.3) is 10.9 Å². The van der Waals surface area contributed by atoms with Gasteiger partial charge < -0.3 is 5.32 Å². The Bertz CT molecular complexity index is 1200. The maximum Gasteiger partial charge on any atom is 0.271 e. The standard InChI is InChI=1S/C20H19ClN4O4S/c1-3-8-24-19(27)15-7-5-13(21)9-17(15)23-20(24)30-11-18(26)22-16-10-14(25(28)29)6-4-12(16)2/h4-7,9-10H,3,8,11H2,1-2H3,(H,22,26). The Morgan fingerprint density at radius 2 is 2.07 bits per heavy atom. The normalized spacial score (nSPS) is 10.9. The molecule has 0 atom stereocenters. The molecular formula is C20H19ClN4O4S. The lowest BCUT2D eigenvalue weighted by Gasteiger charge is -2.13. The van der Waals surface area contributed by atoms with E-state index >= 15 is 0 Å². The SMILES string of the molecule is CCCn1c(SCC(=O)Nc2cc([N+](=O)[O-])ccc2C)nc2cc(Cl)ccc2c1=O. The summed E-state index contributed by atoms with van der Waals surface area (Å²) in [5, 5.41) is 15.0. The van der Waals surface area contributed by atoms with E-state index in [1.54, 1.807) is 35.8 Å². The molecule has 1 N–H and O–H groups in total. The van der Waals surface area contributed by atoms with Crippen molar-refractivity contribution in [3.8, 4) is 0 Å². The second-order valence-electron chi connectivity index (χ2n) is 6.61. The van der Waals surface area contributed by atoms with Crippen molar-refractivity contribution in [1.29, 1.82) is 0 Å². The van der Waals surface area contributed by atoms with Gasteiger partial charge in [0.1, 0.15) is 0 Å². The van der Waals surface area contributed by atoms with Crippen LogP contribution in [0.1, 0.15) is 18.9 Å². The third-order valence-electron chi connectivity index (χ3n) is 4.37. The second-order valence-corrected chi connectivity index (χ2v) is 7.98. The molecule has 0 radical (unpaired) electrons. The van der Waals surface area contributed by atoms with Crippen molar-refractivity contribution in [2.45, 2.75) is 32.0 Å². The highest BCUT2D eigenvalue weighted by molar-refractivity contribution is 7.99. The topological polar surface area (TPSA) is 107 Å². The van der Waals surface area contributed by atoms with Crippen molar-refractivity contribution < 1.29 is 9.72 Å². The smallest absolute Gasteiger partial charge is 0.271 e. The van der Waals surface area contributed by atoms with Crippen LogP contribution < -0.4 is 10.9 Å². The maximum absolute atomic E-state index is 12.8. The number of non-ortho nitro benzene ring substituents is 1. The van der Waals surface area contributed by atoms with Crippen LogP contribution in [0.5, 0.6) is 0 Å². The fourth-order valence-corrected chi connectivity index (χ4v) is 3.87. The van der Waals surface area contributed by atoms with Crippen molar-refractivity contribution in [2.75, 3.05) is 11.1 Å². The molecule has 0 saturated carbocycles. The van der Waals surface area contributed by atoms with E-state index < -0.39 is 4.92 Å². The van der Waals surface area contributed by atoms with Gasteiger partial charge in [-0.1, -0.05) is 36.4 Å². The van der Waals surface area contributed by atoms with Crippen LogP contribution in [0.3, 0.4) is 0 Å². The summed E-state index contributed by atoms with van der Waals surface area (Å²) in [6.45, 7) is 4.17. The number of fused-ring (bicyclic) bond motifs is 1. The molecule has 1 aromatic heterocycles. The number of nitrogens with zero attached hydrogens (tertiary/aromatic N) is 3. The van der Waals surface area contributed by atoms with E-state index in [1.165, 1.54) is 12.1 Å². The highest BCUT2D eigenvalue weighted by Crippen LogP contribution is 2.24. The number of hydrogen-bond donors (Lipinski definition) is 1. The van der Waals surface area contributed by atoms with Gasteiger partial charge >= 0.3 is 0 Å². The molecular weight excluding hydrogens is 428 g/mol. The number of nitro groups is 1. The molecule has 0 aliphatic carbocycles. The van der Waals surface area contributed by atoms with Gasteiger partial charge in [0.25, 0.3) is 11.2 Å². The van der Waals surface area contributed by atoms with Crippen molar-refractivity contribution in [1.82, 2.24) is 9.55 Å². The van der Waals surface area contributed by atoms with Crippen LogP contribution in [-0.2, 0) is 11.3 Å². The Morgan fingerprint density at radius 1 is 1.30 bits per heavy atom. The number of nitro benzene ring substituents is 1. The van der Waals surface area contributed by atoms with E-state index in [2.05, 4.69) is 10.3 Å². The van der Waals surface area contributed by atoms with Crippen LogP contribution in [0.2, 0.25) is 5.02 Å². The summed E-state index contributed by atoms with van der Waals surface area (Å²) in [6, 6.07) is 9.18. The van der Waals surface area contributed by atoms with Crippen molar-refractivity contribution >= 4 is 51.5 Å². The largest absolute Gasteiger partial charge is 0.325 e. The van der Waals surface area contributed by atoms with Crippen LogP contribution in [0.4, 0.5) is 11.4 Å². The number of nitrogens with one attached hydrogen (secondary N) is 1. The van der Waals surface area contributed by atoms with Crippen LogP contribution in [-0.4, -0.2) is 26.1 Å². The summed E-state index contributed by atoms with van der Waals surface area (Å²) in [7, 11) is 0. The van der Waals surface area contributed by atoms with Gasteiger partial charge in [-0.05, 0) is 37.1 Å². The molecule has 0 unspecified atom stereocenters. The number of anilines is 1. The highest BCUT2D eigenvalue weighted by atomic mass is 35.5. The lowest BCUT2D eigenvalue weighted by molar-refractivity contribution is -0.384. The Morgan fingerprint density at radius 3 is 2.77 bits per heavy atom. The number of aromatic nitrogens is 2. The Labute approximate surface area is 181 Å². The van der Waals surface area contributed by atoms with Crippen molar-refractivity contribution in [3.05, 3.63) is 67.5 Å². The summed E-state index contributed by atoms with van der Waals surface area (Å²) in [4.78, 5) is 40.3. The molecule has 156 valence electrons. The summed E-state index contributed by atoms with van der Waals surface area (Å²) in [5.74, 6) is -0.364. The molecule has 0 aliphatic heterocycles. The molecule has 0 aliphatic rings. The first kappa shape index (κ1) is 21.8. The highest BCUT2D eigenvalue weighted by Gasteiger charge is 2.15. The molecule has 1 amide bonds. The summed E-state index contributed by atoms with van der Waals surface area (Å²) >= 11 is 7.15. The summed E-state index contributed by atoms with van der Waals surface area (Å²) in [5.41, 5.74) is 1.26. The average molecular weight is 447 g/mol. The number of carbonyl (C=O) groups excluding carboxylic acids is 1. The lowest BCUT2D eigenvalue weighted by Crippen LogP contribution is -2.24. The first-order chi connectivity index (χ1) is 14.3. The zero-order valence-corrected chi connectivity index (χ0v) is 17.9. The minimum atomic E-state index is -0.516. The number of benzene rings is 2. The Kier molecular flexibility index (Phi) is 6.73. The predicted molar refractivity (Wildman–Crippen MR) is 118 cm³/mol. The summed E-state index contributed by atoms with van der Waals surface area (Å²) < 4.78 is 1.55. The maximum atomic E-state index is 12.8. The van der Waals surface area contributed by atoms with Crippen LogP contribution in [0, 0.1) is 17.0 Å². The molecule has 8 nitrogen and oxygen atoms in total. The third kappa shape index (κ3) is 4.80. The van der Waals surface area contributed by atoms with E-state index in [1.807, 2.05) is 6.92 Å². The first-order valence-electron chi connectivity index (χ1n) is 9.18. The van der Waals surface area contributed by atoms with Gasteiger partial charge in [-0.25, -0.2) is 4.98 Å². The molecule has 0 fully saturated rings. The fourth-order valence-electron chi connectivity index (χ4n) is 2.88. The zero-order chi connectivity index (χ0) is 21.8. The minimum Gasteiger partial charge on any atom is -0.325 e. The van der Waals surface area contributed by atoms with Gasteiger partial charge in [0, 0.05) is 23.7 Å². The van der Waals surface area contributed by atoms with Gasteiger partial charge in [-0.2, -0.15) is 0 Å². The van der Waals surface area contributed by atoms with Gasteiger partial charge in [0.2, 0.25) is 5.91 Å². The number of thioether (sulfide) groups is 1. The van der Waals surface area contributed by atoms with Gasteiger partial charge in [-0.3, -0.25) is 24.3 Å². The van der Waals surface area contributed by atoms with Crippen molar-refractivity contribution in [2.24, 2.45) is 0 Å². The molecule has 0 saturated heterocycles. The van der Waals surface area contributed by atoms with Gasteiger partial charge in [-0.15, -0.1) is 0 Å². The monoisotopic (exact) mass is 446 g/mol. The Balaban J connectivity index is 1.83. The molecule has 10 heteroatoms. The molecule has 3 rings (SSSR count). The number of carbonyl (C=O) groups is 1. The zero-order valence-electron chi connectivity index (χ0n) is 16.3. The first-order valence-corrected chi connectivity index (χ1v) is 10.5. The lowest BCUT2D eigenvalue weighted by atomic mass is 10.2. The van der Waals surface area contributed by atoms with E-state index in [0.717, 1.165) is 18.2 Å². The van der Waals surface area contributed by atoms with E-state index in [0.29, 0.717) is 38.9 Å². The van der Waals surface area contributed by atoms with E-state index in [4.69, 9.17) is 11.6 Å².